The lowest BCUT2D eigenvalue weighted by Gasteiger charge is -2.17. The molecule has 1 amide bonds. The van der Waals surface area contributed by atoms with E-state index in [1.807, 2.05) is 68.4 Å². The average Bonchev–Trinajstić information content (AvgIpc) is 2.71. The first kappa shape index (κ1) is 21.7. The number of rotatable bonds is 7. The predicted molar refractivity (Wildman–Crippen MR) is 113 cm³/mol. The summed E-state index contributed by atoms with van der Waals surface area (Å²) in [5.74, 6) is -1.16. The van der Waals surface area contributed by atoms with Crippen LogP contribution in [0.3, 0.4) is 0 Å². The Kier molecular flexibility index (Phi) is 7.55. The second kappa shape index (κ2) is 10.1. The Morgan fingerprint density at radius 1 is 1.03 bits per heavy atom. The quantitative estimate of drug-likeness (QED) is 0.412. The summed E-state index contributed by atoms with van der Waals surface area (Å²) in [7, 11) is 5.49. The van der Waals surface area contributed by atoms with Gasteiger partial charge in [-0.15, -0.1) is 0 Å². The fourth-order valence-electron chi connectivity index (χ4n) is 2.54. The van der Waals surface area contributed by atoms with E-state index in [0.29, 0.717) is 12.1 Å². The number of nitrogens with zero attached hydrogens (tertiary/aromatic N) is 3. The van der Waals surface area contributed by atoms with Gasteiger partial charge in [0.05, 0.1) is 0 Å². The van der Waals surface area contributed by atoms with Crippen molar-refractivity contribution < 1.29 is 14.3 Å². The topological polar surface area (TPSA) is 73.6 Å². The molecule has 0 radical (unpaired) electrons. The number of benzene rings is 2. The summed E-state index contributed by atoms with van der Waals surface area (Å²) in [6.07, 6.45) is 1.45. The van der Waals surface area contributed by atoms with Gasteiger partial charge in [-0.1, -0.05) is 42.0 Å². The first-order chi connectivity index (χ1) is 13.8. The van der Waals surface area contributed by atoms with Crippen molar-refractivity contribution in [1.82, 2.24) is 4.90 Å². The van der Waals surface area contributed by atoms with Gasteiger partial charge >= 0.3 is 5.97 Å². The lowest BCUT2D eigenvalue weighted by atomic mass is 10.1. The number of likely N-dealkylation sites (N-methyl/N-ethyl adjacent to an activating group) is 1. The molecule has 2 rings (SSSR count). The van der Waals surface area contributed by atoms with Gasteiger partial charge in [0.2, 0.25) is 0 Å². The largest absolute Gasteiger partial charge is 0.451 e. The number of carbonyl (C=O) groups excluding carboxylic acids is 2. The number of ether oxygens (including phenoxy) is 1. The number of esters is 1. The Labute approximate surface area is 171 Å². The molecule has 29 heavy (non-hydrogen) atoms. The summed E-state index contributed by atoms with van der Waals surface area (Å²) in [5, 5.41) is 9.27. The molecule has 0 aliphatic rings. The molecule has 0 aromatic heterocycles. The Bertz CT molecular complexity index is 923. The van der Waals surface area contributed by atoms with Crippen LogP contribution in [-0.4, -0.2) is 44.5 Å². The highest BCUT2D eigenvalue weighted by atomic mass is 16.5. The van der Waals surface area contributed by atoms with Gasteiger partial charge in [-0.05, 0) is 36.3 Å². The van der Waals surface area contributed by atoms with E-state index in [9.17, 15) is 14.9 Å². The van der Waals surface area contributed by atoms with Crippen molar-refractivity contribution in [2.24, 2.45) is 0 Å². The van der Waals surface area contributed by atoms with Crippen molar-refractivity contribution in [2.45, 2.75) is 13.5 Å². The van der Waals surface area contributed by atoms with E-state index in [4.69, 9.17) is 4.74 Å². The molecule has 0 aliphatic heterocycles. The minimum absolute atomic E-state index is 0.156. The van der Waals surface area contributed by atoms with Gasteiger partial charge in [-0.2, -0.15) is 5.26 Å². The molecule has 150 valence electrons. The smallest absolute Gasteiger partial charge is 0.349 e. The maximum absolute atomic E-state index is 12.2. The molecule has 0 fully saturated rings. The van der Waals surface area contributed by atoms with E-state index in [1.165, 1.54) is 11.0 Å². The van der Waals surface area contributed by atoms with E-state index >= 15 is 0 Å². The fraction of sp³-hybridized carbons (Fsp3) is 0.261. The number of aryl methyl sites for hydroxylation is 1. The van der Waals surface area contributed by atoms with Gasteiger partial charge in [-0.25, -0.2) is 4.79 Å². The van der Waals surface area contributed by atoms with Crippen molar-refractivity contribution in [3.8, 4) is 6.07 Å². The van der Waals surface area contributed by atoms with Gasteiger partial charge in [0.1, 0.15) is 11.6 Å². The minimum Gasteiger partial charge on any atom is -0.451 e. The van der Waals surface area contributed by atoms with E-state index in [-0.39, 0.29) is 11.5 Å². The van der Waals surface area contributed by atoms with Gasteiger partial charge < -0.3 is 14.5 Å². The van der Waals surface area contributed by atoms with Crippen molar-refractivity contribution in [3.63, 3.8) is 0 Å². The molecular formula is C23H25N3O3. The third-order valence-corrected chi connectivity index (χ3v) is 4.35. The molecule has 0 saturated carbocycles. The maximum atomic E-state index is 12.2. The highest BCUT2D eigenvalue weighted by molar-refractivity contribution is 5.98. The third-order valence-electron chi connectivity index (χ3n) is 4.35. The first-order valence-corrected chi connectivity index (χ1v) is 9.16. The zero-order valence-corrected chi connectivity index (χ0v) is 17.2. The Morgan fingerprint density at radius 2 is 1.66 bits per heavy atom. The number of carbonyl (C=O) groups is 2. The van der Waals surface area contributed by atoms with Crippen LogP contribution in [0.25, 0.3) is 6.08 Å². The molecule has 0 unspecified atom stereocenters. The van der Waals surface area contributed by atoms with Gasteiger partial charge in [0, 0.05) is 33.4 Å². The van der Waals surface area contributed by atoms with Crippen molar-refractivity contribution >= 4 is 23.6 Å². The van der Waals surface area contributed by atoms with Gasteiger partial charge in [0.25, 0.3) is 5.91 Å². The average molecular weight is 391 g/mol. The molecule has 0 spiro atoms. The molecule has 6 heteroatoms. The lowest BCUT2D eigenvalue weighted by Crippen LogP contribution is -2.31. The summed E-state index contributed by atoms with van der Waals surface area (Å²) >= 11 is 0. The zero-order chi connectivity index (χ0) is 21.4. The lowest BCUT2D eigenvalue weighted by molar-refractivity contribution is -0.148. The van der Waals surface area contributed by atoms with Crippen molar-refractivity contribution in [1.29, 1.82) is 5.26 Å². The molecular weight excluding hydrogens is 366 g/mol. The van der Waals surface area contributed by atoms with E-state index in [2.05, 4.69) is 0 Å². The van der Waals surface area contributed by atoms with Crippen LogP contribution in [0.5, 0.6) is 0 Å². The zero-order valence-electron chi connectivity index (χ0n) is 17.2. The second-order valence-electron chi connectivity index (χ2n) is 6.97. The van der Waals surface area contributed by atoms with Crippen molar-refractivity contribution in [3.05, 3.63) is 70.8 Å². The number of hydrogen-bond acceptors (Lipinski definition) is 5. The summed E-state index contributed by atoms with van der Waals surface area (Å²) in [4.78, 5) is 27.8. The molecule has 2 aromatic rings. The highest BCUT2D eigenvalue weighted by Gasteiger charge is 2.16. The normalized spacial score (nSPS) is 10.8. The summed E-state index contributed by atoms with van der Waals surface area (Å²) in [6.45, 7) is 1.99. The molecule has 0 saturated heterocycles. The molecule has 0 heterocycles. The van der Waals surface area contributed by atoms with Gasteiger partial charge in [0.15, 0.2) is 6.61 Å². The van der Waals surface area contributed by atoms with Crippen LogP contribution in [0.1, 0.15) is 16.7 Å². The third kappa shape index (κ3) is 6.51. The molecule has 0 bridgehead atoms. The first-order valence-electron chi connectivity index (χ1n) is 9.16. The van der Waals surface area contributed by atoms with Crippen LogP contribution < -0.4 is 4.90 Å². The Morgan fingerprint density at radius 3 is 2.21 bits per heavy atom. The van der Waals surface area contributed by atoms with Crippen molar-refractivity contribution in [2.75, 3.05) is 32.6 Å². The van der Waals surface area contributed by atoms with Crippen LogP contribution in [-0.2, 0) is 20.9 Å². The van der Waals surface area contributed by atoms with Crippen LogP contribution in [0.2, 0.25) is 0 Å². The van der Waals surface area contributed by atoms with Gasteiger partial charge in [-0.3, -0.25) is 4.79 Å². The van der Waals surface area contributed by atoms with Crippen LogP contribution in [0.4, 0.5) is 5.69 Å². The summed E-state index contributed by atoms with van der Waals surface area (Å²) in [5.41, 5.74) is 3.68. The molecule has 0 N–H and O–H groups in total. The number of nitriles is 1. The van der Waals surface area contributed by atoms with Crippen LogP contribution in [0.15, 0.2) is 54.1 Å². The maximum Gasteiger partial charge on any atom is 0.349 e. The second-order valence-corrected chi connectivity index (χ2v) is 6.97. The number of anilines is 1. The van der Waals surface area contributed by atoms with Crippen LogP contribution >= 0.6 is 0 Å². The Balaban J connectivity index is 1.94. The standard InChI is InChI=1S/C23H25N3O3/c1-17-5-7-19(8-6-17)15-26(4)22(27)16-29-23(28)20(14-24)13-18-9-11-21(12-10-18)25(2)3/h5-13H,15-16H2,1-4H3/b20-13+. The molecule has 2 aromatic carbocycles. The fourth-order valence-corrected chi connectivity index (χ4v) is 2.54. The summed E-state index contributed by atoms with van der Waals surface area (Å²) < 4.78 is 5.04. The number of hydrogen-bond donors (Lipinski definition) is 0. The molecule has 6 nitrogen and oxygen atoms in total. The summed E-state index contributed by atoms with van der Waals surface area (Å²) in [6, 6.07) is 17.1. The Hall–Kier alpha value is -3.59. The SMILES string of the molecule is Cc1ccc(CN(C)C(=O)COC(=O)/C(C#N)=C/c2ccc(N(C)C)cc2)cc1. The minimum atomic E-state index is -0.818. The van der Waals surface area contributed by atoms with E-state index in [1.54, 1.807) is 19.2 Å². The monoisotopic (exact) mass is 391 g/mol. The van der Waals surface area contributed by atoms with E-state index < -0.39 is 12.6 Å². The highest BCUT2D eigenvalue weighted by Crippen LogP contribution is 2.15. The molecule has 0 aliphatic carbocycles. The predicted octanol–water partition coefficient (Wildman–Crippen LogP) is 3.17. The molecule has 0 atom stereocenters. The van der Waals surface area contributed by atoms with E-state index in [0.717, 1.165) is 16.8 Å². The van der Waals surface area contributed by atoms with Crippen LogP contribution in [0, 0.1) is 18.3 Å². The number of amides is 1.